The lowest BCUT2D eigenvalue weighted by Crippen LogP contribution is -2.30. The van der Waals surface area contributed by atoms with Gasteiger partial charge in [0.15, 0.2) is 6.61 Å². The monoisotopic (exact) mass is 328 g/mol. The van der Waals surface area contributed by atoms with Crippen molar-refractivity contribution in [3.8, 4) is 0 Å². The molecule has 0 atom stereocenters. The minimum Gasteiger partial charge on any atom is -0.452 e. The SMILES string of the molecule is O=C(COC(=O)c1ccccc1[N+](=O)[O-])NCCc1ccccc1. The number of carbonyl (C=O) groups is 2. The molecule has 1 N–H and O–H groups in total. The van der Waals surface area contributed by atoms with Crippen molar-refractivity contribution in [2.45, 2.75) is 6.42 Å². The summed E-state index contributed by atoms with van der Waals surface area (Å²) in [6, 6.07) is 15.0. The number of carbonyl (C=O) groups excluding carboxylic acids is 2. The van der Waals surface area contributed by atoms with Crippen LogP contribution >= 0.6 is 0 Å². The fraction of sp³-hybridized carbons (Fsp3) is 0.176. The van der Waals surface area contributed by atoms with Crippen LogP contribution in [-0.2, 0) is 16.0 Å². The number of esters is 1. The normalized spacial score (nSPS) is 10.0. The van der Waals surface area contributed by atoms with Crippen molar-refractivity contribution in [1.82, 2.24) is 5.32 Å². The summed E-state index contributed by atoms with van der Waals surface area (Å²) in [5.74, 6) is -1.36. The maximum atomic E-state index is 11.9. The van der Waals surface area contributed by atoms with E-state index in [0.717, 1.165) is 5.56 Å². The van der Waals surface area contributed by atoms with Gasteiger partial charge in [-0.2, -0.15) is 0 Å². The van der Waals surface area contributed by atoms with Gasteiger partial charge in [-0.05, 0) is 18.1 Å². The Morgan fingerprint density at radius 2 is 1.71 bits per heavy atom. The summed E-state index contributed by atoms with van der Waals surface area (Å²) < 4.78 is 4.83. The van der Waals surface area contributed by atoms with Crippen LogP contribution in [0.4, 0.5) is 5.69 Å². The molecule has 124 valence electrons. The second kappa shape index (κ2) is 8.42. The summed E-state index contributed by atoms with van der Waals surface area (Å²) in [7, 11) is 0. The molecule has 2 rings (SSSR count). The number of hydrogen-bond donors (Lipinski definition) is 1. The number of rotatable bonds is 7. The van der Waals surface area contributed by atoms with Crippen LogP contribution in [0.2, 0.25) is 0 Å². The highest BCUT2D eigenvalue weighted by Crippen LogP contribution is 2.18. The maximum absolute atomic E-state index is 11.9. The molecule has 7 heteroatoms. The van der Waals surface area contributed by atoms with Crippen LogP contribution < -0.4 is 5.32 Å². The third kappa shape index (κ3) is 4.91. The first-order valence-electron chi connectivity index (χ1n) is 7.29. The van der Waals surface area contributed by atoms with E-state index in [9.17, 15) is 19.7 Å². The summed E-state index contributed by atoms with van der Waals surface area (Å²) in [6.07, 6.45) is 0.657. The van der Waals surface area contributed by atoms with Gasteiger partial charge in [-0.3, -0.25) is 14.9 Å². The Bertz CT molecular complexity index is 731. The van der Waals surface area contributed by atoms with Gasteiger partial charge in [0, 0.05) is 12.6 Å². The number of nitrogens with zero attached hydrogens (tertiary/aromatic N) is 1. The summed E-state index contributed by atoms with van der Waals surface area (Å²) in [6.45, 7) is -0.0778. The molecule has 0 aliphatic heterocycles. The minimum atomic E-state index is -0.902. The molecule has 0 heterocycles. The molecule has 0 bridgehead atoms. The maximum Gasteiger partial charge on any atom is 0.345 e. The quantitative estimate of drug-likeness (QED) is 0.477. The highest BCUT2D eigenvalue weighted by molar-refractivity contribution is 5.95. The molecule has 0 aliphatic carbocycles. The number of hydrogen-bond acceptors (Lipinski definition) is 5. The number of benzene rings is 2. The molecule has 1 amide bonds. The highest BCUT2D eigenvalue weighted by atomic mass is 16.6. The predicted molar refractivity (Wildman–Crippen MR) is 86.5 cm³/mol. The number of amides is 1. The van der Waals surface area contributed by atoms with Crippen LogP contribution in [-0.4, -0.2) is 30.0 Å². The average Bonchev–Trinajstić information content (AvgIpc) is 2.60. The van der Waals surface area contributed by atoms with Crippen LogP contribution in [0.1, 0.15) is 15.9 Å². The Morgan fingerprint density at radius 3 is 2.42 bits per heavy atom. The lowest BCUT2D eigenvalue weighted by atomic mass is 10.1. The fourth-order valence-electron chi connectivity index (χ4n) is 2.06. The first kappa shape index (κ1) is 17.1. The second-order valence-corrected chi connectivity index (χ2v) is 4.94. The Morgan fingerprint density at radius 1 is 1.04 bits per heavy atom. The van der Waals surface area contributed by atoms with E-state index < -0.39 is 23.4 Å². The first-order valence-corrected chi connectivity index (χ1v) is 7.29. The van der Waals surface area contributed by atoms with Crippen LogP contribution in [0.25, 0.3) is 0 Å². The number of ether oxygens (including phenoxy) is 1. The Labute approximate surface area is 138 Å². The predicted octanol–water partition coefficient (Wildman–Crippen LogP) is 2.11. The molecule has 0 fully saturated rings. The van der Waals surface area contributed by atoms with Gasteiger partial charge in [0.05, 0.1) is 4.92 Å². The summed E-state index contributed by atoms with van der Waals surface area (Å²) in [5, 5.41) is 13.5. The minimum absolute atomic E-state index is 0.181. The summed E-state index contributed by atoms with van der Waals surface area (Å²) in [5.41, 5.74) is 0.543. The van der Waals surface area contributed by atoms with Crippen LogP contribution in [0.15, 0.2) is 54.6 Å². The Balaban J connectivity index is 1.79. The molecule has 0 aromatic heterocycles. The summed E-state index contributed by atoms with van der Waals surface area (Å²) in [4.78, 5) is 33.7. The van der Waals surface area contributed by atoms with Crippen molar-refractivity contribution in [2.24, 2.45) is 0 Å². The molecule has 0 radical (unpaired) electrons. The van der Waals surface area contributed by atoms with E-state index in [2.05, 4.69) is 5.32 Å². The second-order valence-electron chi connectivity index (χ2n) is 4.94. The van der Waals surface area contributed by atoms with E-state index in [4.69, 9.17) is 4.74 Å². The molecule has 2 aromatic carbocycles. The lowest BCUT2D eigenvalue weighted by Gasteiger charge is -2.07. The number of para-hydroxylation sites is 1. The average molecular weight is 328 g/mol. The van der Waals surface area contributed by atoms with E-state index in [1.807, 2.05) is 30.3 Å². The Kier molecular flexibility index (Phi) is 6.01. The van der Waals surface area contributed by atoms with Gasteiger partial charge in [-0.1, -0.05) is 42.5 Å². The van der Waals surface area contributed by atoms with Crippen LogP contribution in [0, 0.1) is 10.1 Å². The van der Waals surface area contributed by atoms with Gasteiger partial charge in [-0.15, -0.1) is 0 Å². The van der Waals surface area contributed by atoms with E-state index in [1.165, 1.54) is 24.3 Å². The highest BCUT2D eigenvalue weighted by Gasteiger charge is 2.21. The van der Waals surface area contributed by atoms with E-state index >= 15 is 0 Å². The van der Waals surface area contributed by atoms with Crippen LogP contribution in [0.5, 0.6) is 0 Å². The smallest absolute Gasteiger partial charge is 0.345 e. The third-order valence-corrected chi connectivity index (χ3v) is 3.23. The van der Waals surface area contributed by atoms with Crippen molar-refractivity contribution in [1.29, 1.82) is 0 Å². The van der Waals surface area contributed by atoms with Crippen molar-refractivity contribution in [3.05, 3.63) is 75.8 Å². The molecule has 0 saturated heterocycles. The molecule has 0 aliphatic rings. The van der Waals surface area contributed by atoms with Gasteiger partial charge in [0.25, 0.3) is 11.6 Å². The van der Waals surface area contributed by atoms with Crippen molar-refractivity contribution in [3.63, 3.8) is 0 Å². The Hall–Kier alpha value is -3.22. The van der Waals surface area contributed by atoms with E-state index in [1.54, 1.807) is 0 Å². The van der Waals surface area contributed by atoms with E-state index in [0.29, 0.717) is 13.0 Å². The number of nitro benzene ring substituents is 1. The largest absolute Gasteiger partial charge is 0.452 e. The summed E-state index contributed by atoms with van der Waals surface area (Å²) >= 11 is 0. The lowest BCUT2D eigenvalue weighted by molar-refractivity contribution is -0.385. The standard InChI is InChI=1S/C17H16N2O5/c20-16(18-11-10-13-6-2-1-3-7-13)12-24-17(21)14-8-4-5-9-15(14)19(22)23/h1-9H,10-12H2,(H,18,20). The van der Waals surface area contributed by atoms with Gasteiger partial charge >= 0.3 is 5.97 Å². The van der Waals surface area contributed by atoms with E-state index in [-0.39, 0.29) is 11.3 Å². The third-order valence-electron chi connectivity index (χ3n) is 3.23. The molecule has 0 spiro atoms. The van der Waals surface area contributed by atoms with Gasteiger partial charge in [0.1, 0.15) is 5.56 Å². The zero-order valence-electron chi connectivity index (χ0n) is 12.8. The zero-order chi connectivity index (χ0) is 17.4. The van der Waals surface area contributed by atoms with Crippen LogP contribution in [0.3, 0.4) is 0 Å². The molecule has 7 nitrogen and oxygen atoms in total. The molecule has 0 saturated carbocycles. The van der Waals surface area contributed by atoms with Crippen molar-refractivity contribution >= 4 is 17.6 Å². The molecular weight excluding hydrogens is 312 g/mol. The molecular formula is C17H16N2O5. The zero-order valence-corrected chi connectivity index (χ0v) is 12.8. The molecule has 0 unspecified atom stereocenters. The van der Waals surface area contributed by atoms with Gasteiger partial charge in [0.2, 0.25) is 0 Å². The fourth-order valence-corrected chi connectivity index (χ4v) is 2.06. The topological polar surface area (TPSA) is 98.5 Å². The van der Waals surface area contributed by atoms with Gasteiger partial charge in [-0.25, -0.2) is 4.79 Å². The number of nitrogens with one attached hydrogen (secondary N) is 1. The van der Waals surface area contributed by atoms with Crippen molar-refractivity contribution in [2.75, 3.05) is 13.2 Å². The molecule has 2 aromatic rings. The van der Waals surface area contributed by atoms with Crippen molar-refractivity contribution < 1.29 is 19.2 Å². The number of nitro groups is 1. The molecule has 24 heavy (non-hydrogen) atoms. The van der Waals surface area contributed by atoms with Gasteiger partial charge < -0.3 is 10.1 Å². The first-order chi connectivity index (χ1) is 11.6.